The second kappa shape index (κ2) is 9.80. The first-order valence-electron chi connectivity index (χ1n) is 12.1. The molecule has 5 atom stereocenters. The van der Waals surface area contributed by atoms with Crippen LogP contribution >= 0.6 is 23.7 Å². The molecule has 3 N–H and O–H groups in total. The molecule has 2 fully saturated rings. The Bertz CT molecular complexity index is 1340. The summed E-state index contributed by atoms with van der Waals surface area (Å²) in [6.07, 6.45) is -1.06. The van der Waals surface area contributed by atoms with Crippen molar-refractivity contribution in [2.24, 2.45) is 0 Å². The van der Waals surface area contributed by atoms with Gasteiger partial charge in [0.05, 0.1) is 6.61 Å². The van der Waals surface area contributed by atoms with Gasteiger partial charge in [0, 0.05) is 6.54 Å². The first kappa shape index (κ1) is 26.9. The van der Waals surface area contributed by atoms with Gasteiger partial charge < -0.3 is 14.9 Å². The topological polar surface area (TPSA) is 136 Å². The summed E-state index contributed by atoms with van der Waals surface area (Å²) < 4.78 is 41.2. The van der Waals surface area contributed by atoms with Crippen LogP contribution in [0.25, 0.3) is 11.2 Å². The minimum absolute atomic E-state index is 0.0823. The van der Waals surface area contributed by atoms with E-state index in [1.165, 1.54) is 6.33 Å². The number of halogens is 1. The van der Waals surface area contributed by atoms with E-state index in [1.807, 2.05) is 30.3 Å². The van der Waals surface area contributed by atoms with Crippen molar-refractivity contribution in [2.45, 2.75) is 70.0 Å². The Morgan fingerprint density at radius 1 is 1.27 bits per heavy atom. The van der Waals surface area contributed by atoms with Crippen molar-refractivity contribution in [3.05, 3.63) is 47.0 Å². The molecule has 200 valence electrons. The summed E-state index contributed by atoms with van der Waals surface area (Å²) in [7, 11) is -5.97. The SMILES string of the molecule is CC(C)(C)[Si](C)(C)O[C@@H]1[C@@H]2OP(=O)(NCc3ccccc3)OC[C@H]2O[C@H]1n1c(Br)nc2c(N)ncnc21. The number of nitrogen functional groups attached to an aromatic ring is 1. The lowest BCUT2D eigenvalue weighted by Gasteiger charge is -2.41. The molecule has 2 aliphatic rings. The van der Waals surface area contributed by atoms with Gasteiger partial charge in [0.1, 0.15) is 24.6 Å². The quantitative estimate of drug-likeness (QED) is 0.228. The molecule has 3 aromatic rings. The number of nitrogens with zero attached hydrogens (tertiary/aromatic N) is 4. The number of benzene rings is 1. The highest BCUT2D eigenvalue weighted by Crippen LogP contribution is 2.55. The fraction of sp³-hybridized carbons (Fsp3) is 0.522. The predicted octanol–water partition coefficient (Wildman–Crippen LogP) is 4.77. The molecular weight excluding hydrogens is 579 g/mol. The van der Waals surface area contributed by atoms with Crippen LogP contribution in [0.2, 0.25) is 18.1 Å². The molecule has 2 aromatic heterocycles. The third kappa shape index (κ3) is 5.16. The number of imidazole rings is 1. The minimum atomic E-state index is -3.64. The van der Waals surface area contributed by atoms with E-state index in [1.54, 1.807) is 4.57 Å². The number of rotatable bonds is 6. The Balaban J connectivity index is 1.49. The van der Waals surface area contributed by atoms with Crippen LogP contribution in [0.3, 0.4) is 0 Å². The maximum Gasteiger partial charge on any atom is 0.406 e. The zero-order valence-corrected chi connectivity index (χ0v) is 24.9. The van der Waals surface area contributed by atoms with Crippen LogP contribution in [0.4, 0.5) is 5.82 Å². The molecule has 37 heavy (non-hydrogen) atoms. The van der Waals surface area contributed by atoms with E-state index < -0.39 is 40.6 Å². The summed E-state index contributed by atoms with van der Waals surface area (Å²) >= 11 is 3.54. The van der Waals surface area contributed by atoms with E-state index >= 15 is 0 Å². The number of hydrogen-bond acceptors (Lipinski definition) is 9. The number of hydrogen-bond donors (Lipinski definition) is 2. The van der Waals surface area contributed by atoms with Crippen LogP contribution in [-0.2, 0) is 29.3 Å². The summed E-state index contributed by atoms with van der Waals surface area (Å²) in [6.45, 7) is 11.2. The van der Waals surface area contributed by atoms with Crippen LogP contribution in [0.15, 0.2) is 41.4 Å². The van der Waals surface area contributed by atoms with Crippen LogP contribution in [0.5, 0.6) is 0 Å². The summed E-state index contributed by atoms with van der Waals surface area (Å²) in [4.78, 5) is 13.0. The van der Waals surface area contributed by atoms with Crippen LogP contribution in [-0.4, -0.2) is 52.8 Å². The molecule has 1 unspecified atom stereocenters. The first-order chi connectivity index (χ1) is 17.4. The van der Waals surface area contributed by atoms with Gasteiger partial charge >= 0.3 is 7.75 Å². The van der Waals surface area contributed by atoms with E-state index in [0.29, 0.717) is 22.4 Å². The lowest BCUT2D eigenvalue weighted by Crippen LogP contribution is -2.50. The summed E-state index contributed by atoms with van der Waals surface area (Å²) in [5, 5.41) is 2.90. The van der Waals surface area contributed by atoms with E-state index in [2.05, 4.69) is 69.8 Å². The molecule has 0 saturated carbocycles. The Morgan fingerprint density at radius 2 is 2.00 bits per heavy atom. The molecule has 5 rings (SSSR count). The van der Waals surface area contributed by atoms with E-state index in [-0.39, 0.29) is 17.5 Å². The molecule has 0 bridgehead atoms. The fourth-order valence-electron chi connectivity index (χ4n) is 4.17. The zero-order chi connectivity index (χ0) is 26.6. The van der Waals surface area contributed by atoms with Crippen LogP contribution in [0, 0.1) is 0 Å². The lowest BCUT2D eigenvalue weighted by atomic mass is 10.1. The Hall–Kier alpha value is -1.70. The van der Waals surface area contributed by atoms with Gasteiger partial charge in [-0.05, 0) is 39.6 Å². The zero-order valence-electron chi connectivity index (χ0n) is 21.4. The third-order valence-electron chi connectivity index (χ3n) is 7.23. The summed E-state index contributed by atoms with van der Waals surface area (Å²) in [5.74, 6) is 0.260. The van der Waals surface area contributed by atoms with Gasteiger partial charge in [-0.15, -0.1) is 0 Å². The van der Waals surface area contributed by atoms with Gasteiger partial charge in [0.15, 0.2) is 36.3 Å². The summed E-state index contributed by atoms with van der Waals surface area (Å²) in [5.41, 5.74) is 7.98. The highest BCUT2D eigenvalue weighted by atomic mass is 79.9. The van der Waals surface area contributed by atoms with E-state index in [0.717, 1.165) is 5.56 Å². The molecule has 0 amide bonds. The highest BCUT2D eigenvalue weighted by Gasteiger charge is 2.56. The first-order valence-corrected chi connectivity index (χ1v) is 17.3. The molecule has 4 heterocycles. The maximum absolute atomic E-state index is 13.7. The molecule has 0 spiro atoms. The number of nitrogens with two attached hydrogens (primary N) is 1. The Morgan fingerprint density at radius 3 is 2.70 bits per heavy atom. The van der Waals surface area contributed by atoms with Gasteiger partial charge in [-0.1, -0.05) is 51.1 Å². The van der Waals surface area contributed by atoms with Gasteiger partial charge in [-0.3, -0.25) is 13.6 Å². The second-order valence-corrected chi connectivity index (χ2v) is 18.0. The van der Waals surface area contributed by atoms with Crippen molar-refractivity contribution in [1.29, 1.82) is 0 Å². The smallest absolute Gasteiger partial charge is 0.406 e. The fourth-order valence-corrected chi connectivity index (χ4v) is 7.53. The standard InChI is InChI=1S/C23H32BrN6O5PSi/c1-23(2,3)37(4,5)35-18-17-15(12-32-36(31,34-17)28-11-14-9-7-6-8-10-14)33-21(18)30-20-16(29-22(30)24)19(25)26-13-27-20/h6-10,13,15,17-18,21H,11-12H2,1-5H3,(H,28,31)(H2,25,26,27)/t15-,17-,18-,21-,36?/m1/s1. The highest BCUT2D eigenvalue weighted by molar-refractivity contribution is 9.10. The third-order valence-corrected chi connectivity index (χ3v) is 13.8. The molecule has 2 saturated heterocycles. The number of fused-ring (bicyclic) bond motifs is 2. The maximum atomic E-state index is 13.7. The van der Waals surface area contributed by atoms with Gasteiger partial charge in [-0.25, -0.2) is 24.6 Å². The average molecular weight is 612 g/mol. The van der Waals surface area contributed by atoms with Crippen molar-refractivity contribution in [3.8, 4) is 0 Å². The second-order valence-electron chi connectivity index (χ2n) is 10.8. The van der Waals surface area contributed by atoms with Crippen LogP contribution in [0.1, 0.15) is 32.6 Å². The van der Waals surface area contributed by atoms with Crippen molar-refractivity contribution < 1.29 is 22.8 Å². The van der Waals surface area contributed by atoms with Crippen molar-refractivity contribution in [2.75, 3.05) is 12.3 Å². The molecule has 14 heteroatoms. The largest absolute Gasteiger partial charge is 0.407 e. The molecular formula is C23H32BrN6O5PSi. The molecule has 2 aliphatic heterocycles. The number of anilines is 1. The van der Waals surface area contributed by atoms with Gasteiger partial charge in [0.25, 0.3) is 0 Å². The van der Waals surface area contributed by atoms with Crippen molar-refractivity contribution in [1.82, 2.24) is 24.6 Å². The lowest BCUT2D eigenvalue weighted by molar-refractivity contribution is -0.0600. The van der Waals surface area contributed by atoms with Crippen LogP contribution < -0.4 is 10.8 Å². The number of nitrogens with one attached hydrogen (secondary N) is 1. The summed E-state index contributed by atoms with van der Waals surface area (Å²) in [6, 6.07) is 9.67. The normalized spacial score (nSPS) is 28.5. The van der Waals surface area contributed by atoms with E-state index in [9.17, 15) is 4.57 Å². The Kier molecular flexibility index (Phi) is 7.12. The Labute approximate surface area is 225 Å². The number of ether oxygens (including phenoxy) is 1. The van der Waals surface area contributed by atoms with Crippen molar-refractivity contribution in [3.63, 3.8) is 0 Å². The molecule has 0 aliphatic carbocycles. The van der Waals surface area contributed by atoms with E-state index in [4.69, 9.17) is 23.9 Å². The van der Waals surface area contributed by atoms with Gasteiger partial charge in [0.2, 0.25) is 0 Å². The predicted molar refractivity (Wildman–Crippen MR) is 145 cm³/mol. The number of aromatic nitrogens is 4. The average Bonchev–Trinajstić information content (AvgIpc) is 3.34. The van der Waals surface area contributed by atoms with Crippen molar-refractivity contribution >= 4 is 49.0 Å². The van der Waals surface area contributed by atoms with Gasteiger partial charge in [-0.2, -0.15) is 0 Å². The molecule has 11 nitrogen and oxygen atoms in total. The molecule has 0 radical (unpaired) electrons. The molecule has 1 aromatic carbocycles. The monoisotopic (exact) mass is 610 g/mol. The minimum Gasteiger partial charge on any atom is -0.407 e.